The quantitative estimate of drug-likeness (QED) is 0.512. The Kier molecular flexibility index (Phi) is 3.60. The lowest BCUT2D eigenvalue weighted by molar-refractivity contribution is -0.200. The Bertz CT molecular complexity index is 648. The smallest absolute Gasteiger partial charge is 0.302 e. The van der Waals surface area contributed by atoms with Crippen molar-refractivity contribution in [3.8, 4) is 0 Å². The van der Waals surface area contributed by atoms with Gasteiger partial charge in [-0.2, -0.15) is 0 Å². The van der Waals surface area contributed by atoms with E-state index in [-0.39, 0.29) is 34.7 Å². The number of ketones is 1. The molecular weight excluding hydrogens is 312 g/mol. The van der Waals surface area contributed by atoms with Crippen molar-refractivity contribution in [3.05, 3.63) is 12.2 Å². The second-order valence-corrected chi connectivity index (χ2v) is 10.2. The van der Waals surface area contributed by atoms with Crippen molar-refractivity contribution in [2.45, 2.75) is 78.7 Å². The lowest BCUT2D eigenvalue weighted by Crippen LogP contribution is -2.61. The van der Waals surface area contributed by atoms with E-state index in [1.807, 2.05) is 0 Å². The van der Waals surface area contributed by atoms with Crippen LogP contribution in [0, 0.1) is 34.0 Å². The molecule has 0 aromatic heterocycles. The molecule has 3 heteroatoms. The molecule has 1 spiro atoms. The average Bonchev–Trinajstić information content (AvgIpc) is 2.67. The summed E-state index contributed by atoms with van der Waals surface area (Å²) in [6, 6.07) is 0. The van der Waals surface area contributed by atoms with E-state index in [2.05, 4.69) is 27.4 Å². The van der Waals surface area contributed by atoms with Gasteiger partial charge in [-0.3, -0.25) is 9.59 Å². The first-order chi connectivity index (χ1) is 11.6. The van der Waals surface area contributed by atoms with Crippen molar-refractivity contribution in [1.29, 1.82) is 0 Å². The summed E-state index contributed by atoms with van der Waals surface area (Å²) < 4.78 is 5.88. The van der Waals surface area contributed by atoms with Crippen molar-refractivity contribution < 1.29 is 14.3 Å². The number of allylic oxidation sites excluding steroid dienone is 1. The zero-order chi connectivity index (χ0) is 18.2. The van der Waals surface area contributed by atoms with Gasteiger partial charge in [0.1, 0.15) is 6.10 Å². The van der Waals surface area contributed by atoms with Crippen molar-refractivity contribution in [1.82, 2.24) is 0 Å². The third-order valence-electron chi connectivity index (χ3n) is 8.51. The first-order valence-electron chi connectivity index (χ1n) is 10.0. The van der Waals surface area contributed by atoms with E-state index >= 15 is 0 Å². The van der Waals surface area contributed by atoms with Crippen LogP contribution in [0.3, 0.4) is 0 Å². The Hall–Kier alpha value is -1.12. The van der Waals surface area contributed by atoms with Crippen molar-refractivity contribution >= 4 is 11.8 Å². The second-order valence-electron chi connectivity index (χ2n) is 10.2. The van der Waals surface area contributed by atoms with Gasteiger partial charge in [0, 0.05) is 18.3 Å². The van der Waals surface area contributed by atoms with E-state index in [0.717, 1.165) is 37.7 Å². The molecule has 0 aliphatic heterocycles. The number of rotatable bonds is 1. The van der Waals surface area contributed by atoms with E-state index in [1.165, 1.54) is 19.8 Å². The highest BCUT2D eigenvalue weighted by Crippen LogP contribution is 2.71. The molecule has 0 N–H and O–H groups in total. The van der Waals surface area contributed by atoms with Gasteiger partial charge in [-0.1, -0.05) is 33.8 Å². The summed E-state index contributed by atoms with van der Waals surface area (Å²) in [5, 5.41) is 0. The Morgan fingerprint density at radius 3 is 2.60 bits per heavy atom. The Morgan fingerprint density at radius 1 is 1.20 bits per heavy atom. The van der Waals surface area contributed by atoms with Gasteiger partial charge in [-0.15, -0.1) is 0 Å². The molecular formula is C22H32O3. The summed E-state index contributed by atoms with van der Waals surface area (Å²) in [6.07, 6.45) is 7.30. The van der Waals surface area contributed by atoms with Crippen LogP contribution in [0.5, 0.6) is 0 Å². The molecule has 0 heterocycles. The monoisotopic (exact) mass is 344 g/mol. The minimum atomic E-state index is -0.321. The molecule has 0 amide bonds. The summed E-state index contributed by atoms with van der Waals surface area (Å²) in [4.78, 5) is 25.2. The van der Waals surface area contributed by atoms with E-state index in [0.29, 0.717) is 17.1 Å². The molecule has 4 fully saturated rings. The largest absolute Gasteiger partial charge is 0.462 e. The summed E-state index contributed by atoms with van der Waals surface area (Å²) >= 11 is 0. The van der Waals surface area contributed by atoms with Crippen LogP contribution in [0.25, 0.3) is 0 Å². The molecule has 6 atom stereocenters. The standard InChI is InChI=1S/C22H32O3/c1-13-15-11-16(25-14(2)23)18-21(5)9-6-8-20(3,4)17(21)7-10-22(18,12-15)19(13)24/h15-18H,1,6-12H2,2-5H3. The van der Waals surface area contributed by atoms with E-state index < -0.39 is 0 Å². The fourth-order valence-corrected chi connectivity index (χ4v) is 7.84. The number of esters is 1. The Balaban J connectivity index is 1.84. The topological polar surface area (TPSA) is 43.4 Å². The molecule has 0 aromatic carbocycles. The van der Waals surface area contributed by atoms with Crippen LogP contribution < -0.4 is 0 Å². The highest BCUT2D eigenvalue weighted by molar-refractivity contribution is 6.03. The van der Waals surface area contributed by atoms with Crippen molar-refractivity contribution in [3.63, 3.8) is 0 Å². The predicted molar refractivity (Wildman–Crippen MR) is 96.8 cm³/mol. The highest BCUT2D eigenvalue weighted by Gasteiger charge is 2.69. The normalized spacial score (nSPS) is 47.8. The first-order valence-corrected chi connectivity index (χ1v) is 10.0. The van der Waals surface area contributed by atoms with Crippen LogP contribution in [-0.2, 0) is 14.3 Å². The van der Waals surface area contributed by atoms with Gasteiger partial charge in [0.05, 0.1) is 0 Å². The van der Waals surface area contributed by atoms with Gasteiger partial charge in [0.2, 0.25) is 0 Å². The average molecular weight is 344 g/mol. The van der Waals surface area contributed by atoms with Crippen molar-refractivity contribution in [2.24, 2.45) is 34.0 Å². The number of hydrogen-bond acceptors (Lipinski definition) is 3. The molecule has 0 radical (unpaired) electrons. The number of hydrogen-bond donors (Lipinski definition) is 0. The van der Waals surface area contributed by atoms with Gasteiger partial charge in [-0.05, 0) is 66.8 Å². The maximum Gasteiger partial charge on any atom is 0.302 e. The maximum atomic E-state index is 13.3. The van der Waals surface area contributed by atoms with E-state index in [4.69, 9.17) is 4.74 Å². The zero-order valence-electron chi connectivity index (χ0n) is 16.2. The van der Waals surface area contributed by atoms with Crippen LogP contribution in [0.1, 0.15) is 72.6 Å². The molecule has 25 heavy (non-hydrogen) atoms. The van der Waals surface area contributed by atoms with Gasteiger partial charge in [0.25, 0.3) is 0 Å². The second kappa shape index (κ2) is 5.20. The minimum Gasteiger partial charge on any atom is -0.462 e. The summed E-state index contributed by atoms with van der Waals surface area (Å²) in [6.45, 7) is 12.8. The molecule has 6 unspecified atom stereocenters. The van der Waals surface area contributed by atoms with Gasteiger partial charge >= 0.3 is 5.97 Å². The maximum absolute atomic E-state index is 13.3. The molecule has 4 rings (SSSR count). The summed E-state index contributed by atoms with van der Waals surface area (Å²) in [5.41, 5.74) is 0.853. The molecule has 2 bridgehead atoms. The number of fused-ring (bicyclic) bond motifs is 3. The SMILES string of the molecule is C=C1C(=O)C23CCC4C(C)(C)CCCC4(C)C2C(OC(C)=O)CC1C3. The minimum absolute atomic E-state index is 0.0748. The Labute approximate surface area is 151 Å². The predicted octanol–water partition coefficient (Wildman–Crippen LogP) is 4.70. The first kappa shape index (κ1) is 17.3. The number of ether oxygens (including phenoxy) is 1. The van der Waals surface area contributed by atoms with Gasteiger partial charge < -0.3 is 4.74 Å². The van der Waals surface area contributed by atoms with Gasteiger partial charge in [0.15, 0.2) is 5.78 Å². The third-order valence-corrected chi connectivity index (χ3v) is 8.51. The highest BCUT2D eigenvalue weighted by atomic mass is 16.5. The molecule has 0 aromatic rings. The number of carbonyl (C=O) groups excluding carboxylic acids is 2. The lowest BCUT2D eigenvalue weighted by atomic mass is 9.40. The molecule has 4 aliphatic carbocycles. The van der Waals surface area contributed by atoms with Crippen LogP contribution in [-0.4, -0.2) is 17.9 Å². The summed E-state index contributed by atoms with van der Waals surface area (Å²) in [7, 11) is 0. The summed E-state index contributed by atoms with van der Waals surface area (Å²) in [5.74, 6) is 1.05. The van der Waals surface area contributed by atoms with Crippen LogP contribution >= 0.6 is 0 Å². The van der Waals surface area contributed by atoms with E-state index in [1.54, 1.807) is 0 Å². The van der Waals surface area contributed by atoms with E-state index in [9.17, 15) is 9.59 Å². The number of Topliss-reactive ketones (excluding diaryl/α,β-unsaturated/α-hetero) is 1. The molecule has 3 nitrogen and oxygen atoms in total. The molecule has 4 saturated carbocycles. The molecule has 4 aliphatic rings. The van der Waals surface area contributed by atoms with Gasteiger partial charge in [-0.25, -0.2) is 0 Å². The number of carbonyl (C=O) groups is 2. The van der Waals surface area contributed by atoms with Crippen molar-refractivity contribution in [2.75, 3.05) is 0 Å². The fraction of sp³-hybridized carbons (Fsp3) is 0.818. The zero-order valence-corrected chi connectivity index (χ0v) is 16.2. The van der Waals surface area contributed by atoms with Crippen LogP contribution in [0.15, 0.2) is 12.2 Å². The molecule has 0 saturated heterocycles. The third kappa shape index (κ3) is 2.16. The molecule has 138 valence electrons. The Morgan fingerprint density at radius 2 is 1.92 bits per heavy atom. The van der Waals surface area contributed by atoms with Crippen LogP contribution in [0.4, 0.5) is 0 Å². The fourth-order valence-electron chi connectivity index (χ4n) is 7.84. The van der Waals surface area contributed by atoms with Crippen LogP contribution in [0.2, 0.25) is 0 Å². The lowest BCUT2D eigenvalue weighted by Gasteiger charge is -2.64.